The standard InChI is InChI=1S/C8H6BrF3N2O3/c9-4-2-14-7(17-8(10,11)12)3(6(4)13)1-5(15)16/h2H,1H2,(H2,13,14)(H,15,16). The van der Waals surface area contributed by atoms with E-state index >= 15 is 0 Å². The van der Waals surface area contributed by atoms with Crippen LogP contribution in [0.2, 0.25) is 0 Å². The molecule has 1 rings (SSSR count). The van der Waals surface area contributed by atoms with Crippen molar-refractivity contribution in [3.8, 4) is 5.88 Å². The van der Waals surface area contributed by atoms with Crippen LogP contribution in [0.1, 0.15) is 5.56 Å². The summed E-state index contributed by atoms with van der Waals surface area (Å²) in [4.78, 5) is 13.9. The number of alkyl halides is 3. The summed E-state index contributed by atoms with van der Waals surface area (Å²) < 4.78 is 39.9. The Balaban J connectivity index is 3.20. The van der Waals surface area contributed by atoms with Gasteiger partial charge in [-0.2, -0.15) is 0 Å². The summed E-state index contributed by atoms with van der Waals surface area (Å²) in [6.07, 6.45) is -4.67. The fourth-order valence-electron chi connectivity index (χ4n) is 1.04. The quantitative estimate of drug-likeness (QED) is 0.890. The molecule has 3 N–H and O–H groups in total. The maximum Gasteiger partial charge on any atom is 0.574 e. The molecule has 1 heterocycles. The zero-order chi connectivity index (χ0) is 13.2. The third-order valence-electron chi connectivity index (χ3n) is 1.68. The minimum Gasteiger partial charge on any atom is -0.481 e. The number of anilines is 1. The van der Waals surface area contributed by atoms with Gasteiger partial charge in [-0.15, -0.1) is 13.2 Å². The topological polar surface area (TPSA) is 85.4 Å². The van der Waals surface area contributed by atoms with Crippen LogP contribution in [0.15, 0.2) is 10.7 Å². The molecule has 0 saturated heterocycles. The molecule has 0 bridgehead atoms. The van der Waals surface area contributed by atoms with Crippen molar-refractivity contribution in [2.24, 2.45) is 0 Å². The average molecular weight is 315 g/mol. The van der Waals surface area contributed by atoms with Crippen molar-refractivity contribution >= 4 is 27.6 Å². The zero-order valence-corrected chi connectivity index (χ0v) is 9.67. The van der Waals surface area contributed by atoms with Gasteiger partial charge in [-0.05, 0) is 15.9 Å². The number of rotatable bonds is 3. The molecule has 0 aliphatic carbocycles. The number of nitrogens with zero attached hydrogens (tertiary/aromatic N) is 1. The summed E-state index contributed by atoms with van der Waals surface area (Å²) in [6.45, 7) is 0. The molecule has 0 aromatic carbocycles. The lowest BCUT2D eigenvalue weighted by Gasteiger charge is -2.13. The first-order valence-corrected chi connectivity index (χ1v) is 4.90. The number of carboxylic acid groups (broad SMARTS) is 1. The van der Waals surface area contributed by atoms with Gasteiger partial charge in [0, 0.05) is 11.8 Å². The molecule has 0 spiro atoms. The second-order valence-corrected chi connectivity index (χ2v) is 3.78. The number of hydrogen-bond donors (Lipinski definition) is 2. The molecular weight excluding hydrogens is 309 g/mol. The van der Waals surface area contributed by atoms with E-state index in [1.807, 2.05) is 0 Å². The molecule has 0 aliphatic heterocycles. The summed E-state index contributed by atoms with van der Waals surface area (Å²) >= 11 is 2.93. The molecule has 0 saturated carbocycles. The highest BCUT2D eigenvalue weighted by atomic mass is 79.9. The van der Waals surface area contributed by atoms with E-state index in [4.69, 9.17) is 10.8 Å². The number of nitrogens with two attached hydrogens (primary N) is 1. The van der Waals surface area contributed by atoms with Crippen molar-refractivity contribution in [1.82, 2.24) is 4.98 Å². The predicted molar refractivity (Wildman–Crippen MR) is 54.4 cm³/mol. The summed E-state index contributed by atoms with van der Waals surface area (Å²) in [5, 5.41) is 8.57. The number of ether oxygens (including phenoxy) is 1. The van der Waals surface area contributed by atoms with Crippen LogP contribution in [-0.4, -0.2) is 22.4 Å². The van der Waals surface area contributed by atoms with Crippen LogP contribution in [0.25, 0.3) is 0 Å². The summed E-state index contributed by atoms with van der Waals surface area (Å²) in [5.41, 5.74) is 4.97. The molecule has 1 aromatic rings. The zero-order valence-electron chi connectivity index (χ0n) is 8.08. The van der Waals surface area contributed by atoms with Crippen molar-refractivity contribution in [2.45, 2.75) is 12.8 Å². The van der Waals surface area contributed by atoms with Gasteiger partial charge < -0.3 is 15.6 Å². The first-order chi connectivity index (χ1) is 7.70. The lowest BCUT2D eigenvalue weighted by atomic mass is 10.1. The van der Waals surface area contributed by atoms with Crippen LogP contribution in [0.3, 0.4) is 0 Å². The Morgan fingerprint density at radius 1 is 1.59 bits per heavy atom. The second-order valence-electron chi connectivity index (χ2n) is 2.92. The first kappa shape index (κ1) is 13.6. The molecule has 1 aromatic heterocycles. The largest absolute Gasteiger partial charge is 0.574 e. The highest BCUT2D eigenvalue weighted by Gasteiger charge is 2.33. The molecule has 0 aliphatic rings. The van der Waals surface area contributed by atoms with Gasteiger partial charge in [-0.25, -0.2) is 4.98 Å². The van der Waals surface area contributed by atoms with E-state index in [0.717, 1.165) is 6.20 Å². The van der Waals surface area contributed by atoms with Crippen LogP contribution in [-0.2, 0) is 11.2 Å². The van der Waals surface area contributed by atoms with Gasteiger partial charge in [0.25, 0.3) is 0 Å². The van der Waals surface area contributed by atoms with Gasteiger partial charge in [0.2, 0.25) is 5.88 Å². The molecule has 5 nitrogen and oxygen atoms in total. The maximum absolute atomic E-state index is 12.0. The summed E-state index contributed by atoms with van der Waals surface area (Å²) in [5.74, 6) is -2.20. The number of carbonyl (C=O) groups is 1. The second kappa shape index (κ2) is 4.78. The van der Waals surface area contributed by atoms with E-state index in [2.05, 4.69) is 25.7 Å². The molecule has 9 heteroatoms. The lowest BCUT2D eigenvalue weighted by molar-refractivity contribution is -0.276. The molecule has 0 fully saturated rings. The monoisotopic (exact) mass is 314 g/mol. The molecule has 0 unspecified atom stereocenters. The number of aliphatic carboxylic acids is 1. The van der Waals surface area contributed by atoms with Gasteiger partial charge in [-0.3, -0.25) is 4.79 Å². The Morgan fingerprint density at radius 3 is 2.65 bits per heavy atom. The van der Waals surface area contributed by atoms with Crippen LogP contribution in [0.5, 0.6) is 5.88 Å². The Morgan fingerprint density at radius 2 is 2.18 bits per heavy atom. The van der Waals surface area contributed by atoms with Crippen molar-refractivity contribution < 1.29 is 27.8 Å². The number of halogens is 4. The van der Waals surface area contributed by atoms with E-state index < -0.39 is 24.6 Å². The van der Waals surface area contributed by atoms with Crippen molar-refractivity contribution in [2.75, 3.05) is 5.73 Å². The van der Waals surface area contributed by atoms with Gasteiger partial charge in [0.1, 0.15) is 0 Å². The molecule has 0 amide bonds. The molecule has 17 heavy (non-hydrogen) atoms. The van der Waals surface area contributed by atoms with Crippen molar-refractivity contribution in [1.29, 1.82) is 0 Å². The Labute approximate surface area is 102 Å². The SMILES string of the molecule is Nc1c(Br)cnc(OC(F)(F)F)c1CC(=O)O. The Hall–Kier alpha value is -1.51. The van der Waals surface area contributed by atoms with Crippen LogP contribution in [0.4, 0.5) is 18.9 Å². The van der Waals surface area contributed by atoms with E-state index in [0.29, 0.717) is 0 Å². The van der Waals surface area contributed by atoms with Gasteiger partial charge >= 0.3 is 12.3 Å². The van der Waals surface area contributed by atoms with E-state index in [1.165, 1.54) is 0 Å². The van der Waals surface area contributed by atoms with Crippen molar-refractivity contribution in [3.63, 3.8) is 0 Å². The number of pyridine rings is 1. The molecule has 94 valence electrons. The van der Waals surface area contributed by atoms with Gasteiger partial charge in [0.15, 0.2) is 0 Å². The average Bonchev–Trinajstić information content (AvgIpc) is 2.15. The first-order valence-electron chi connectivity index (χ1n) is 4.11. The number of nitrogen functional groups attached to an aromatic ring is 1. The minimum atomic E-state index is -4.96. The Bertz CT molecular complexity index is 450. The fraction of sp³-hybridized carbons (Fsp3) is 0.250. The van der Waals surface area contributed by atoms with Gasteiger partial charge in [-0.1, -0.05) is 0 Å². The van der Waals surface area contributed by atoms with Crippen LogP contribution < -0.4 is 10.5 Å². The lowest BCUT2D eigenvalue weighted by Crippen LogP contribution is -2.20. The third-order valence-corrected chi connectivity index (χ3v) is 2.31. The van der Waals surface area contributed by atoms with Crippen molar-refractivity contribution in [3.05, 3.63) is 16.2 Å². The molecule has 0 radical (unpaired) electrons. The summed E-state index contributed by atoms with van der Waals surface area (Å²) in [6, 6.07) is 0. The fourth-order valence-corrected chi connectivity index (χ4v) is 1.38. The maximum atomic E-state index is 12.0. The van der Waals surface area contributed by atoms with E-state index in [-0.39, 0.29) is 15.7 Å². The highest BCUT2D eigenvalue weighted by Crippen LogP contribution is 2.32. The van der Waals surface area contributed by atoms with E-state index in [9.17, 15) is 18.0 Å². The normalized spacial score (nSPS) is 11.3. The van der Waals surface area contributed by atoms with Gasteiger partial charge in [0.05, 0.1) is 16.6 Å². The highest BCUT2D eigenvalue weighted by molar-refractivity contribution is 9.10. The predicted octanol–water partition coefficient (Wildman–Crippen LogP) is 1.95. The molecular formula is C8H6BrF3N2O3. The number of carboxylic acids is 1. The summed E-state index contributed by atoms with van der Waals surface area (Å²) in [7, 11) is 0. The number of aromatic nitrogens is 1. The number of hydrogen-bond acceptors (Lipinski definition) is 4. The van der Waals surface area contributed by atoms with E-state index in [1.54, 1.807) is 0 Å². The Kier molecular flexibility index (Phi) is 3.81. The van der Waals surface area contributed by atoms with Crippen LogP contribution >= 0.6 is 15.9 Å². The minimum absolute atomic E-state index is 0.151. The third kappa shape index (κ3) is 3.77. The molecule has 0 atom stereocenters. The van der Waals surface area contributed by atoms with Crippen LogP contribution in [0, 0.1) is 0 Å². The smallest absolute Gasteiger partial charge is 0.481 e.